The zero-order valence-electron chi connectivity index (χ0n) is 15.7. The van der Waals surface area contributed by atoms with Gasteiger partial charge in [0, 0.05) is 33.2 Å². The summed E-state index contributed by atoms with van der Waals surface area (Å²) in [6.07, 6.45) is 4.41. The van der Waals surface area contributed by atoms with Crippen LogP contribution in [0.1, 0.15) is 18.1 Å². The van der Waals surface area contributed by atoms with E-state index in [4.69, 9.17) is 4.74 Å². The molecule has 2 aromatic rings. The topological polar surface area (TPSA) is 137 Å². The van der Waals surface area contributed by atoms with Gasteiger partial charge in [0.1, 0.15) is 24.8 Å². The van der Waals surface area contributed by atoms with Gasteiger partial charge < -0.3 is 15.4 Å². The maximum atomic E-state index is 10.7. The molecule has 1 aliphatic heterocycles. The average Bonchev–Trinajstić information content (AvgIpc) is 3.27. The van der Waals surface area contributed by atoms with Crippen LogP contribution in [0, 0.1) is 10.1 Å². The maximum absolute atomic E-state index is 10.7. The average molecular weight is 505 g/mol. The fourth-order valence-electron chi connectivity index (χ4n) is 2.91. The Balaban J connectivity index is 0.00000280. The Kier molecular flexibility index (Phi) is 8.10. The molecule has 0 saturated heterocycles. The molecule has 1 atom stereocenters. The van der Waals surface area contributed by atoms with Crippen molar-refractivity contribution in [2.75, 3.05) is 20.7 Å². The molecule has 0 radical (unpaired) electrons. The van der Waals surface area contributed by atoms with E-state index in [1.54, 1.807) is 14.2 Å². The second-order valence-electron chi connectivity index (χ2n) is 6.16. The standard InChI is InChI=1S/C15H23N9O3.HI/c1-16-15(17-5-6-22-9-12(7-18-22)24(25)26)19-11-3-4-14-20-13(10-27-2)21-23(14)8-11;/h7,9,11H,3-6,8,10H2,1-2H3,(H2,16,17,19);1H. The number of aromatic nitrogens is 5. The van der Waals surface area contributed by atoms with Gasteiger partial charge >= 0.3 is 5.69 Å². The molecule has 12 nitrogen and oxygen atoms in total. The molecule has 154 valence electrons. The van der Waals surface area contributed by atoms with Gasteiger partial charge in [0.25, 0.3) is 0 Å². The molecule has 1 unspecified atom stereocenters. The summed E-state index contributed by atoms with van der Waals surface area (Å²) in [5.74, 6) is 2.34. The Morgan fingerprint density at radius 3 is 3.04 bits per heavy atom. The first-order chi connectivity index (χ1) is 13.1. The second kappa shape index (κ2) is 10.3. The van der Waals surface area contributed by atoms with Crippen molar-refractivity contribution < 1.29 is 9.66 Å². The summed E-state index contributed by atoms with van der Waals surface area (Å²) >= 11 is 0. The number of methoxy groups -OCH3 is 1. The number of aliphatic imine (C=N–C) groups is 1. The first-order valence-corrected chi connectivity index (χ1v) is 8.64. The predicted molar refractivity (Wildman–Crippen MR) is 112 cm³/mol. The van der Waals surface area contributed by atoms with E-state index in [9.17, 15) is 10.1 Å². The van der Waals surface area contributed by atoms with Crippen LogP contribution in [-0.2, 0) is 30.9 Å². The van der Waals surface area contributed by atoms with E-state index in [0.717, 1.165) is 18.7 Å². The molecule has 0 fully saturated rings. The first-order valence-electron chi connectivity index (χ1n) is 8.64. The lowest BCUT2D eigenvalue weighted by Gasteiger charge is -2.25. The van der Waals surface area contributed by atoms with Gasteiger partial charge in [-0.2, -0.15) is 10.2 Å². The van der Waals surface area contributed by atoms with Crippen LogP contribution in [-0.4, -0.2) is 62.2 Å². The van der Waals surface area contributed by atoms with Crippen molar-refractivity contribution in [1.29, 1.82) is 0 Å². The number of nitrogens with zero attached hydrogens (tertiary/aromatic N) is 7. The smallest absolute Gasteiger partial charge is 0.306 e. The molecule has 0 spiro atoms. The minimum Gasteiger partial charge on any atom is -0.377 e. The third-order valence-corrected chi connectivity index (χ3v) is 4.20. The Morgan fingerprint density at radius 1 is 1.54 bits per heavy atom. The highest BCUT2D eigenvalue weighted by molar-refractivity contribution is 14.0. The lowest BCUT2D eigenvalue weighted by Crippen LogP contribution is -2.47. The summed E-state index contributed by atoms with van der Waals surface area (Å²) in [6, 6.07) is 0.187. The molecule has 3 rings (SSSR count). The van der Waals surface area contributed by atoms with Crippen molar-refractivity contribution in [3.8, 4) is 0 Å². The minimum absolute atomic E-state index is 0. The molecule has 2 aromatic heterocycles. The van der Waals surface area contributed by atoms with Crippen LogP contribution in [0.25, 0.3) is 0 Å². The second-order valence-corrected chi connectivity index (χ2v) is 6.16. The summed E-state index contributed by atoms with van der Waals surface area (Å²) < 4.78 is 8.52. The van der Waals surface area contributed by atoms with Crippen LogP contribution in [0.4, 0.5) is 5.69 Å². The predicted octanol–water partition coefficient (Wildman–Crippen LogP) is 0.327. The summed E-state index contributed by atoms with van der Waals surface area (Å²) in [4.78, 5) is 18.9. The minimum atomic E-state index is -0.461. The number of halogens is 1. The molecule has 1 aliphatic rings. The zero-order chi connectivity index (χ0) is 19.2. The molecule has 28 heavy (non-hydrogen) atoms. The van der Waals surface area contributed by atoms with Crippen LogP contribution in [0.3, 0.4) is 0 Å². The third kappa shape index (κ3) is 5.60. The Morgan fingerprint density at radius 2 is 2.36 bits per heavy atom. The van der Waals surface area contributed by atoms with Crippen molar-refractivity contribution in [2.24, 2.45) is 4.99 Å². The van der Waals surface area contributed by atoms with Gasteiger partial charge in [0.2, 0.25) is 0 Å². The highest BCUT2D eigenvalue weighted by Crippen LogP contribution is 2.13. The molecule has 0 aliphatic carbocycles. The van der Waals surface area contributed by atoms with Crippen molar-refractivity contribution in [3.63, 3.8) is 0 Å². The van der Waals surface area contributed by atoms with E-state index >= 15 is 0 Å². The number of hydrogen-bond acceptors (Lipinski definition) is 7. The summed E-state index contributed by atoms with van der Waals surface area (Å²) in [5.41, 5.74) is -0.0174. The van der Waals surface area contributed by atoms with Gasteiger partial charge in [0.05, 0.1) is 18.0 Å². The fourth-order valence-corrected chi connectivity index (χ4v) is 2.91. The SMILES string of the molecule is CN=C(NCCn1cc([N+](=O)[O-])cn1)NC1CCc2nc(COC)nn2C1.I. The number of hydrogen-bond donors (Lipinski definition) is 2. The zero-order valence-corrected chi connectivity index (χ0v) is 18.1. The van der Waals surface area contributed by atoms with Crippen molar-refractivity contribution >= 4 is 35.6 Å². The van der Waals surface area contributed by atoms with Gasteiger partial charge in [-0.3, -0.25) is 19.8 Å². The molecule has 0 saturated carbocycles. The third-order valence-electron chi connectivity index (χ3n) is 4.20. The molecule has 2 N–H and O–H groups in total. The van der Waals surface area contributed by atoms with Gasteiger partial charge in [-0.05, 0) is 6.42 Å². The Labute approximate surface area is 178 Å². The van der Waals surface area contributed by atoms with Crippen LogP contribution in [0.2, 0.25) is 0 Å². The highest BCUT2D eigenvalue weighted by atomic mass is 127. The lowest BCUT2D eigenvalue weighted by atomic mass is 10.1. The number of nitro groups is 1. The molecule has 0 amide bonds. The van der Waals surface area contributed by atoms with Crippen LogP contribution >= 0.6 is 24.0 Å². The van der Waals surface area contributed by atoms with Gasteiger partial charge in [0.15, 0.2) is 11.8 Å². The molecular weight excluding hydrogens is 481 g/mol. The number of fused-ring (bicyclic) bond motifs is 1. The fraction of sp³-hybridized carbons (Fsp3) is 0.600. The van der Waals surface area contributed by atoms with Crippen LogP contribution in [0.15, 0.2) is 17.4 Å². The largest absolute Gasteiger partial charge is 0.377 e. The van der Waals surface area contributed by atoms with E-state index < -0.39 is 4.92 Å². The molecule has 0 aromatic carbocycles. The van der Waals surface area contributed by atoms with E-state index in [1.807, 2.05) is 4.68 Å². The normalized spacial score (nSPS) is 16.2. The van der Waals surface area contributed by atoms with Crippen LogP contribution in [0.5, 0.6) is 0 Å². The number of aryl methyl sites for hydroxylation is 1. The van der Waals surface area contributed by atoms with Gasteiger partial charge in [-0.25, -0.2) is 9.67 Å². The van der Waals surface area contributed by atoms with Crippen molar-refractivity contribution in [1.82, 2.24) is 35.2 Å². The quantitative estimate of drug-likeness (QED) is 0.181. The summed E-state index contributed by atoms with van der Waals surface area (Å²) in [5, 5.41) is 25.7. The molecule has 13 heteroatoms. The number of nitrogens with one attached hydrogen (secondary N) is 2. The van der Waals surface area contributed by atoms with E-state index in [2.05, 4.69) is 30.8 Å². The monoisotopic (exact) mass is 505 g/mol. The summed E-state index contributed by atoms with van der Waals surface area (Å²) in [6.45, 7) is 2.15. The van der Waals surface area contributed by atoms with E-state index in [1.165, 1.54) is 17.1 Å². The molecular formula is C15H24IN9O3. The van der Waals surface area contributed by atoms with E-state index in [-0.39, 0.29) is 35.7 Å². The number of rotatable bonds is 7. The van der Waals surface area contributed by atoms with Crippen LogP contribution < -0.4 is 10.6 Å². The molecule has 3 heterocycles. The Bertz CT molecular complexity index is 820. The number of guanidine groups is 1. The Hall–Kier alpha value is -2.29. The lowest BCUT2D eigenvalue weighted by molar-refractivity contribution is -0.385. The van der Waals surface area contributed by atoms with Gasteiger partial charge in [-0.1, -0.05) is 0 Å². The van der Waals surface area contributed by atoms with Gasteiger partial charge in [-0.15, -0.1) is 24.0 Å². The summed E-state index contributed by atoms with van der Waals surface area (Å²) in [7, 11) is 3.33. The van der Waals surface area contributed by atoms with Crippen molar-refractivity contribution in [2.45, 2.75) is 38.6 Å². The highest BCUT2D eigenvalue weighted by Gasteiger charge is 2.22. The first kappa shape index (κ1) is 22.0. The number of ether oxygens (including phenoxy) is 1. The van der Waals surface area contributed by atoms with Crippen molar-refractivity contribution in [3.05, 3.63) is 34.2 Å². The maximum Gasteiger partial charge on any atom is 0.306 e. The van der Waals surface area contributed by atoms with E-state index in [0.29, 0.717) is 38.0 Å². The molecule has 0 bridgehead atoms.